The first-order valence-corrected chi connectivity index (χ1v) is 8.01. The lowest BCUT2D eigenvalue weighted by atomic mass is 10.0. The molecule has 1 aliphatic carbocycles. The fourth-order valence-corrected chi connectivity index (χ4v) is 2.85. The van der Waals surface area contributed by atoms with Crippen molar-refractivity contribution in [3.05, 3.63) is 47.8 Å². The van der Waals surface area contributed by atoms with Crippen LogP contribution in [0.1, 0.15) is 19.3 Å². The Kier molecular flexibility index (Phi) is 5.02. The van der Waals surface area contributed by atoms with Gasteiger partial charge in [-0.3, -0.25) is 4.90 Å². The first-order valence-electron chi connectivity index (χ1n) is 8.01. The second kappa shape index (κ2) is 7.37. The lowest BCUT2D eigenvalue weighted by Gasteiger charge is -2.33. The molecule has 1 saturated heterocycles. The molecule has 6 heteroatoms. The van der Waals surface area contributed by atoms with Crippen LogP contribution in [-0.2, 0) is 9.47 Å². The van der Waals surface area contributed by atoms with Crippen molar-refractivity contribution in [3.63, 3.8) is 0 Å². The molecule has 2 aliphatic heterocycles. The van der Waals surface area contributed by atoms with Gasteiger partial charge in [0.25, 0.3) is 0 Å². The van der Waals surface area contributed by atoms with Crippen molar-refractivity contribution in [2.24, 2.45) is 0 Å². The molecule has 23 heavy (non-hydrogen) atoms. The second-order valence-electron chi connectivity index (χ2n) is 5.82. The van der Waals surface area contributed by atoms with E-state index >= 15 is 0 Å². The highest BCUT2D eigenvalue weighted by Gasteiger charge is 2.21. The summed E-state index contributed by atoms with van der Waals surface area (Å²) in [7, 11) is 0. The molecule has 1 N–H and O–H groups in total. The van der Waals surface area contributed by atoms with E-state index in [1.54, 1.807) is 12.5 Å². The van der Waals surface area contributed by atoms with Gasteiger partial charge in [-0.2, -0.15) is 0 Å². The minimum atomic E-state index is -0.832. The van der Waals surface area contributed by atoms with E-state index in [4.69, 9.17) is 14.6 Å². The normalized spacial score (nSPS) is 21.7. The van der Waals surface area contributed by atoms with E-state index in [9.17, 15) is 4.79 Å². The number of rotatable bonds is 4. The highest BCUT2D eigenvalue weighted by molar-refractivity contribution is 5.65. The van der Waals surface area contributed by atoms with Gasteiger partial charge in [0.05, 0.1) is 0 Å². The Labute approximate surface area is 136 Å². The molecule has 0 unspecified atom stereocenters. The summed E-state index contributed by atoms with van der Waals surface area (Å²) in [4.78, 5) is 14.6. The third-order valence-corrected chi connectivity index (χ3v) is 4.26. The van der Waals surface area contributed by atoms with Crippen molar-refractivity contribution in [1.29, 1.82) is 0 Å². The van der Waals surface area contributed by atoms with Crippen molar-refractivity contribution in [1.82, 2.24) is 9.80 Å². The summed E-state index contributed by atoms with van der Waals surface area (Å²) in [6, 6.07) is 0. The van der Waals surface area contributed by atoms with Crippen LogP contribution in [0.4, 0.5) is 4.79 Å². The second-order valence-corrected chi connectivity index (χ2v) is 5.82. The number of piperazine rings is 1. The van der Waals surface area contributed by atoms with E-state index in [2.05, 4.69) is 17.1 Å². The zero-order valence-electron chi connectivity index (χ0n) is 13.1. The molecule has 0 radical (unpaired) electrons. The van der Waals surface area contributed by atoms with Gasteiger partial charge in [-0.25, -0.2) is 4.79 Å². The van der Waals surface area contributed by atoms with Crippen LogP contribution in [-0.4, -0.2) is 53.7 Å². The SMILES string of the molecule is O=C(O)N1CCN(CCC2=COC=C(C3=CC=CCC3)O2)CC1. The third-order valence-electron chi connectivity index (χ3n) is 4.26. The van der Waals surface area contributed by atoms with Crippen molar-refractivity contribution in [3.8, 4) is 0 Å². The maximum atomic E-state index is 10.9. The standard InChI is InChI=1S/C17H22N2O4/c20-17(21)19-10-8-18(9-11-19)7-6-15-12-22-13-16(23-15)14-4-2-1-3-5-14/h1-2,4,12-13H,3,5-11H2,(H,20,21). The first kappa shape index (κ1) is 15.7. The summed E-state index contributed by atoms with van der Waals surface area (Å²) in [5.74, 6) is 1.61. The molecule has 0 aromatic heterocycles. The van der Waals surface area contributed by atoms with E-state index < -0.39 is 6.09 Å². The van der Waals surface area contributed by atoms with E-state index in [0.29, 0.717) is 13.1 Å². The molecule has 0 bridgehead atoms. The van der Waals surface area contributed by atoms with E-state index in [1.807, 2.05) is 6.08 Å². The molecule has 6 nitrogen and oxygen atoms in total. The van der Waals surface area contributed by atoms with Gasteiger partial charge in [-0.15, -0.1) is 0 Å². The molecule has 1 amide bonds. The number of carbonyl (C=O) groups is 1. The third kappa shape index (κ3) is 4.16. The molecule has 0 saturated carbocycles. The molecule has 1 fully saturated rings. The summed E-state index contributed by atoms with van der Waals surface area (Å²) >= 11 is 0. The number of ether oxygens (including phenoxy) is 2. The average molecular weight is 318 g/mol. The Bertz CT molecular complexity index is 569. The highest BCUT2D eigenvalue weighted by Crippen LogP contribution is 2.27. The van der Waals surface area contributed by atoms with Crippen molar-refractivity contribution in [2.45, 2.75) is 19.3 Å². The summed E-state index contributed by atoms with van der Waals surface area (Å²) in [5, 5.41) is 8.96. The smallest absolute Gasteiger partial charge is 0.407 e. The van der Waals surface area contributed by atoms with Crippen LogP contribution in [0.15, 0.2) is 47.8 Å². The maximum Gasteiger partial charge on any atom is 0.407 e. The number of carboxylic acid groups (broad SMARTS) is 1. The Hall–Kier alpha value is -2.21. The molecule has 0 aromatic carbocycles. The van der Waals surface area contributed by atoms with Crippen LogP contribution < -0.4 is 0 Å². The minimum absolute atomic E-state index is 0.566. The molecule has 3 rings (SSSR count). The van der Waals surface area contributed by atoms with Gasteiger partial charge in [0, 0.05) is 39.1 Å². The van der Waals surface area contributed by atoms with Crippen LogP contribution in [0.5, 0.6) is 0 Å². The van der Waals surface area contributed by atoms with Crippen LogP contribution in [0.3, 0.4) is 0 Å². The molecule has 0 spiro atoms. The van der Waals surface area contributed by atoms with Gasteiger partial charge in [0.2, 0.25) is 0 Å². The van der Waals surface area contributed by atoms with Gasteiger partial charge in [0.15, 0.2) is 5.76 Å². The predicted molar refractivity (Wildman–Crippen MR) is 85.4 cm³/mol. The predicted octanol–water partition coefficient (Wildman–Crippen LogP) is 2.68. The summed E-state index contributed by atoms with van der Waals surface area (Å²) in [6.45, 7) is 3.50. The van der Waals surface area contributed by atoms with Gasteiger partial charge in [-0.1, -0.05) is 18.2 Å². The van der Waals surface area contributed by atoms with E-state index in [1.165, 1.54) is 4.90 Å². The molecular weight excluding hydrogens is 296 g/mol. The maximum absolute atomic E-state index is 10.9. The van der Waals surface area contributed by atoms with Gasteiger partial charge in [0.1, 0.15) is 18.3 Å². The van der Waals surface area contributed by atoms with Crippen LogP contribution in [0, 0.1) is 0 Å². The average Bonchev–Trinajstić information content (AvgIpc) is 2.61. The van der Waals surface area contributed by atoms with Crippen LogP contribution >= 0.6 is 0 Å². The molecule has 3 aliphatic rings. The monoisotopic (exact) mass is 318 g/mol. The Morgan fingerprint density at radius 3 is 2.74 bits per heavy atom. The molecular formula is C17H22N2O4. The van der Waals surface area contributed by atoms with Crippen LogP contribution in [0.2, 0.25) is 0 Å². The Morgan fingerprint density at radius 1 is 1.22 bits per heavy atom. The summed E-state index contributed by atoms with van der Waals surface area (Å²) < 4.78 is 11.4. The molecule has 0 aromatic rings. The quantitative estimate of drug-likeness (QED) is 0.863. The molecule has 2 heterocycles. The largest absolute Gasteiger partial charge is 0.465 e. The Balaban J connectivity index is 1.45. The van der Waals surface area contributed by atoms with Gasteiger partial charge < -0.3 is 19.5 Å². The molecule has 124 valence electrons. The Morgan fingerprint density at radius 2 is 2.04 bits per heavy atom. The summed E-state index contributed by atoms with van der Waals surface area (Å²) in [6.07, 6.45) is 11.5. The highest BCUT2D eigenvalue weighted by atomic mass is 16.5. The first-order chi connectivity index (χ1) is 11.2. The van der Waals surface area contributed by atoms with E-state index in [-0.39, 0.29) is 0 Å². The van der Waals surface area contributed by atoms with Crippen molar-refractivity contribution < 1.29 is 19.4 Å². The number of amides is 1. The van der Waals surface area contributed by atoms with Gasteiger partial charge >= 0.3 is 6.09 Å². The van der Waals surface area contributed by atoms with Crippen molar-refractivity contribution >= 4 is 6.09 Å². The fourth-order valence-electron chi connectivity index (χ4n) is 2.85. The number of nitrogens with zero attached hydrogens (tertiary/aromatic N) is 2. The zero-order valence-corrected chi connectivity index (χ0v) is 13.1. The lowest BCUT2D eigenvalue weighted by molar-refractivity contribution is 0.103. The van der Waals surface area contributed by atoms with E-state index in [0.717, 1.165) is 56.0 Å². The fraction of sp³-hybridized carbons (Fsp3) is 0.471. The zero-order chi connectivity index (χ0) is 16.1. The van der Waals surface area contributed by atoms with Gasteiger partial charge in [-0.05, 0) is 18.4 Å². The lowest BCUT2D eigenvalue weighted by Crippen LogP contribution is -2.48. The molecule has 0 atom stereocenters. The minimum Gasteiger partial charge on any atom is -0.465 e. The van der Waals surface area contributed by atoms with Crippen LogP contribution in [0.25, 0.3) is 0 Å². The number of allylic oxidation sites excluding steroid dienone is 4. The van der Waals surface area contributed by atoms with Crippen molar-refractivity contribution in [2.75, 3.05) is 32.7 Å². The topological polar surface area (TPSA) is 62.2 Å². The number of hydrogen-bond acceptors (Lipinski definition) is 4. The summed E-state index contributed by atoms with van der Waals surface area (Å²) in [5.41, 5.74) is 1.16. The number of hydrogen-bond donors (Lipinski definition) is 1.